The quantitative estimate of drug-likeness (QED) is 0.756. The molecule has 23 heavy (non-hydrogen) atoms. The summed E-state index contributed by atoms with van der Waals surface area (Å²) in [6, 6.07) is 3.53. The van der Waals surface area contributed by atoms with Gasteiger partial charge in [0.2, 0.25) is 0 Å². The molecule has 2 aromatic heterocycles. The van der Waals surface area contributed by atoms with Crippen LogP contribution >= 0.6 is 11.6 Å². The van der Waals surface area contributed by atoms with Crippen molar-refractivity contribution in [3.63, 3.8) is 0 Å². The second-order valence-electron chi connectivity index (χ2n) is 5.36. The highest BCUT2D eigenvalue weighted by Gasteiger charge is 2.28. The monoisotopic (exact) mass is 352 g/mol. The number of sulfone groups is 1. The average molecular weight is 353 g/mol. The molecular formula is C14H13ClN4O3S. The van der Waals surface area contributed by atoms with Crippen LogP contribution in [-0.4, -0.2) is 48.4 Å². The smallest absolute Gasteiger partial charge is 0.163 e. The molecule has 3 heterocycles. The van der Waals surface area contributed by atoms with Gasteiger partial charge in [-0.1, -0.05) is 11.6 Å². The molecule has 0 spiro atoms. The van der Waals surface area contributed by atoms with E-state index in [0.29, 0.717) is 22.5 Å². The number of hydrogen-bond acceptors (Lipinski definition) is 6. The number of Topliss-reactive ketones (excluding diaryl/α,β-unsaturated/α-hetero) is 1. The normalized spacial score (nSPS) is 17.2. The van der Waals surface area contributed by atoms with Crippen molar-refractivity contribution in [1.29, 1.82) is 5.26 Å². The van der Waals surface area contributed by atoms with Crippen molar-refractivity contribution < 1.29 is 13.2 Å². The van der Waals surface area contributed by atoms with Crippen LogP contribution in [0.2, 0.25) is 5.02 Å². The lowest BCUT2D eigenvalue weighted by molar-refractivity contribution is 0.101. The Bertz CT molecular complexity index is 945. The molecule has 9 heteroatoms. The first-order valence-electron chi connectivity index (χ1n) is 6.90. The zero-order valence-corrected chi connectivity index (χ0v) is 13.9. The lowest BCUT2D eigenvalue weighted by Gasteiger charge is -2.30. The standard InChI is InChI=1S/C14H13ClN4O3S/c1-9(20)11-6-12(15)13-10(7-16)8-17-19(13)14(11)18-2-4-23(21,22)5-3-18/h6,8H,2-5H2,1H3. The Morgan fingerprint density at radius 2 is 2.04 bits per heavy atom. The topological polar surface area (TPSA) is 95.5 Å². The minimum absolute atomic E-state index is 0.0147. The molecule has 0 atom stereocenters. The molecule has 0 aliphatic carbocycles. The zero-order valence-electron chi connectivity index (χ0n) is 12.3. The maximum absolute atomic E-state index is 12.0. The van der Waals surface area contributed by atoms with Crippen LogP contribution in [0.15, 0.2) is 12.3 Å². The summed E-state index contributed by atoms with van der Waals surface area (Å²) >= 11 is 6.21. The third kappa shape index (κ3) is 2.66. The highest BCUT2D eigenvalue weighted by atomic mass is 35.5. The Morgan fingerprint density at radius 3 is 2.61 bits per heavy atom. The van der Waals surface area contributed by atoms with Crippen LogP contribution in [0.5, 0.6) is 0 Å². The van der Waals surface area contributed by atoms with Gasteiger partial charge in [-0.2, -0.15) is 10.4 Å². The van der Waals surface area contributed by atoms with E-state index in [9.17, 15) is 18.5 Å². The fourth-order valence-electron chi connectivity index (χ4n) is 2.68. The summed E-state index contributed by atoms with van der Waals surface area (Å²) in [5.74, 6) is 0.307. The molecule has 0 unspecified atom stereocenters. The summed E-state index contributed by atoms with van der Waals surface area (Å²) in [5, 5.41) is 13.6. The molecule has 3 rings (SSSR count). The Labute approximate surface area is 138 Å². The summed E-state index contributed by atoms with van der Waals surface area (Å²) in [6.07, 6.45) is 1.38. The number of carbonyl (C=O) groups excluding carboxylic acids is 1. The van der Waals surface area contributed by atoms with Gasteiger partial charge >= 0.3 is 0 Å². The minimum atomic E-state index is -3.05. The summed E-state index contributed by atoms with van der Waals surface area (Å²) in [4.78, 5) is 13.8. The van der Waals surface area contributed by atoms with Crippen LogP contribution in [0, 0.1) is 11.3 Å². The lowest BCUT2D eigenvalue weighted by Crippen LogP contribution is -2.42. The van der Waals surface area contributed by atoms with Gasteiger partial charge in [-0.15, -0.1) is 0 Å². The number of nitriles is 1. The SMILES string of the molecule is CC(=O)c1cc(Cl)c2c(C#N)cnn2c1N1CCS(=O)(=O)CC1. The van der Waals surface area contributed by atoms with Crippen LogP contribution in [-0.2, 0) is 9.84 Å². The van der Waals surface area contributed by atoms with E-state index in [0.717, 1.165) is 0 Å². The molecule has 1 saturated heterocycles. The first-order valence-corrected chi connectivity index (χ1v) is 9.10. The number of rotatable bonds is 2. The lowest BCUT2D eigenvalue weighted by atomic mass is 10.1. The Balaban J connectivity index is 2.24. The van der Waals surface area contributed by atoms with Crippen molar-refractivity contribution in [3.05, 3.63) is 28.4 Å². The first kappa shape index (κ1) is 15.8. The van der Waals surface area contributed by atoms with Gasteiger partial charge in [0.25, 0.3) is 0 Å². The molecule has 1 aliphatic heterocycles. The van der Waals surface area contributed by atoms with Crippen molar-refractivity contribution in [3.8, 4) is 6.07 Å². The number of halogens is 1. The molecule has 0 amide bonds. The number of carbonyl (C=O) groups is 1. The number of pyridine rings is 1. The molecule has 1 fully saturated rings. The third-order valence-electron chi connectivity index (χ3n) is 3.85. The average Bonchev–Trinajstić information content (AvgIpc) is 2.92. The third-order valence-corrected chi connectivity index (χ3v) is 5.75. The summed E-state index contributed by atoms with van der Waals surface area (Å²) in [7, 11) is -3.05. The largest absolute Gasteiger partial charge is 0.354 e. The molecule has 0 N–H and O–H groups in total. The van der Waals surface area contributed by atoms with E-state index in [1.807, 2.05) is 6.07 Å². The summed E-state index contributed by atoms with van der Waals surface area (Å²) in [6.45, 7) is 1.94. The van der Waals surface area contributed by atoms with Gasteiger partial charge in [0.05, 0.1) is 33.9 Å². The number of fused-ring (bicyclic) bond motifs is 1. The van der Waals surface area contributed by atoms with Crippen LogP contribution in [0.1, 0.15) is 22.8 Å². The molecular weight excluding hydrogens is 340 g/mol. The van der Waals surface area contributed by atoms with E-state index >= 15 is 0 Å². The molecule has 7 nitrogen and oxygen atoms in total. The van der Waals surface area contributed by atoms with Gasteiger partial charge in [-0.05, 0) is 13.0 Å². The first-order chi connectivity index (χ1) is 10.8. The van der Waals surface area contributed by atoms with Crippen molar-refractivity contribution >= 4 is 38.6 Å². The minimum Gasteiger partial charge on any atom is -0.354 e. The van der Waals surface area contributed by atoms with Gasteiger partial charge in [0, 0.05) is 13.1 Å². The van der Waals surface area contributed by atoms with E-state index in [1.165, 1.54) is 23.7 Å². The van der Waals surface area contributed by atoms with Gasteiger partial charge in [-0.25, -0.2) is 12.9 Å². The molecule has 2 aromatic rings. The fourth-order valence-corrected chi connectivity index (χ4v) is 4.17. The highest BCUT2D eigenvalue weighted by molar-refractivity contribution is 7.91. The number of anilines is 1. The van der Waals surface area contributed by atoms with Crippen molar-refractivity contribution in [2.45, 2.75) is 6.92 Å². The summed E-state index contributed by atoms with van der Waals surface area (Å²) in [5.41, 5.74) is 1.08. The second kappa shape index (κ2) is 5.51. The van der Waals surface area contributed by atoms with E-state index < -0.39 is 9.84 Å². The maximum Gasteiger partial charge on any atom is 0.163 e. The molecule has 1 aliphatic rings. The molecule has 0 aromatic carbocycles. The van der Waals surface area contributed by atoms with Crippen molar-refractivity contribution in [2.75, 3.05) is 29.5 Å². The Morgan fingerprint density at radius 1 is 1.39 bits per heavy atom. The fraction of sp³-hybridized carbons (Fsp3) is 0.357. The van der Waals surface area contributed by atoms with Gasteiger partial charge in [-0.3, -0.25) is 4.79 Å². The molecule has 0 saturated carbocycles. The molecule has 120 valence electrons. The van der Waals surface area contributed by atoms with Crippen molar-refractivity contribution in [1.82, 2.24) is 9.61 Å². The predicted molar refractivity (Wildman–Crippen MR) is 85.8 cm³/mol. The maximum atomic E-state index is 12.0. The van der Waals surface area contributed by atoms with Gasteiger partial charge in [0.1, 0.15) is 17.4 Å². The van der Waals surface area contributed by atoms with E-state index in [-0.39, 0.29) is 35.4 Å². The summed E-state index contributed by atoms with van der Waals surface area (Å²) < 4.78 is 24.7. The Kier molecular flexibility index (Phi) is 3.78. The zero-order chi connectivity index (χ0) is 16.8. The van der Waals surface area contributed by atoms with Crippen LogP contribution in [0.25, 0.3) is 5.52 Å². The number of nitrogens with zero attached hydrogens (tertiary/aromatic N) is 4. The second-order valence-corrected chi connectivity index (χ2v) is 8.07. The molecule has 0 radical (unpaired) electrons. The number of aromatic nitrogens is 2. The number of hydrogen-bond donors (Lipinski definition) is 0. The van der Waals surface area contributed by atoms with E-state index in [2.05, 4.69) is 5.10 Å². The van der Waals surface area contributed by atoms with Crippen molar-refractivity contribution in [2.24, 2.45) is 0 Å². The number of ketones is 1. The van der Waals surface area contributed by atoms with E-state index in [4.69, 9.17) is 11.6 Å². The van der Waals surface area contributed by atoms with Crippen LogP contribution in [0.4, 0.5) is 5.82 Å². The predicted octanol–water partition coefficient (Wildman–Crippen LogP) is 1.30. The van der Waals surface area contributed by atoms with Gasteiger partial charge in [0.15, 0.2) is 15.6 Å². The highest BCUT2D eigenvalue weighted by Crippen LogP contribution is 2.31. The molecule has 0 bridgehead atoms. The van der Waals surface area contributed by atoms with Crippen LogP contribution in [0.3, 0.4) is 0 Å². The van der Waals surface area contributed by atoms with Gasteiger partial charge < -0.3 is 4.90 Å². The Hall–Kier alpha value is -2.11. The van der Waals surface area contributed by atoms with Crippen LogP contribution < -0.4 is 4.90 Å². The van der Waals surface area contributed by atoms with E-state index in [1.54, 1.807) is 4.90 Å².